The van der Waals surface area contributed by atoms with Crippen LogP contribution in [0.15, 0.2) is 53.0 Å². The number of hydrogen-bond donors (Lipinski definition) is 1. The highest BCUT2D eigenvalue weighted by Gasteiger charge is 2.32. The molecule has 7 nitrogen and oxygen atoms in total. The number of nitrogens with zero attached hydrogens (tertiary/aromatic N) is 2. The Balaban J connectivity index is 2.43. The van der Waals surface area contributed by atoms with Gasteiger partial charge in [0.2, 0.25) is 21.8 Å². The Morgan fingerprint density at radius 3 is 2.26 bits per heavy atom. The summed E-state index contributed by atoms with van der Waals surface area (Å²) >= 11 is 3.33. The normalized spacial score (nSPS) is 13.1. The number of sulfonamides is 1. The minimum atomic E-state index is -3.80. The fourth-order valence-electron chi connectivity index (χ4n) is 3.39. The first-order valence-corrected chi connectivity index (χ1v) is 13.7. The standard InChI is InChI=1S/C24H31BrFN3O4S/c1-5-17(3)27-24(31)22(6-2)28(15-18-10-12-20(26)13-11-18)23(30)16-29(34(4,32)33)21-9-7-8-19(25)14-21/h7-14,17,22H,5-6,15-16H2,1-4H3,(H,27,31)/t17-,22+/m1/s1. The van der Waals surface area contributed by atoms with Crippen LogP contribution in [0.2, 0.25) is 0 Å². The van der Waals surface area contributed by atoms with Gasteiger partial charge in [0.25, 0.3) is 0 Å². The summed E-state index contributed by atoms with van der Waals surface area (Å²) in [6.07, 6.45) is 2.07. The molecule has 2 aromatic carbocycles. The number of hydrogen-bond acceptors (Lipinski definition) is 4. The molecule has 0 aromatic heterocycles. The molecule has 0 aliphatic carbocycles. The van der Waals surface area contributed by atoms with Gasteiger partial charge in [0.1, 0.15) is 18.4 Å². The van der Waals surface area contributed by atoms with E-state index in [1.807, 2.05) is 13.8 Å². The molecule has 34 heavy (non-hydrogen) atoms. The lowest BCUT2D eigenvalue weighted by molar-refractivity contribution is -0.140. The van der Waals surface area contributed by atoms with Gasteiger partial charge in [-0.1, -0.05) is 48.0 Å². The molecule has 1 N–H and O–H groups in total. The van der Waals surface area contributed by atoms with E-state index in [0.717, 1.165) is 17.0 Å². The molecular formula is C24H31BrFN3O4S. The number of carbonyl (C=O) groups excluding carboxylic acids is 2. The molecular weight excluding hydrogens is 525 g/mol. The smallest absolute Gasteiger partial charge is 0.244 e. The number of halogens is 2. The van der Waals surface area contributed by atoms with Crippen LogP contribution in [0.4, 0.5) is 10.1 Å². The van der Waals surface area contributed by atoms with E-state index in [1.54, 1.807) is 31.2 Å². The van der Waals surface area contributed by atoms with Gasteiger partial charge in [-0.2, -0.15) is 0 Å². The van der Waals surface area contributed by atoms with E-state index in [4.69, 9.17) is 0 Å². The van der Waals surface area contributed by atoms with Crippen molar-refractivity contribution in [1.82, 2.24) is 10.2 Å². The quantitative estimate of drug-likeness (QED) is 0.452. The number of benzene rings is 2. The average Bonchev–Trinajstić information content (AvgIpc) is 2.77. The third-order valence-corrected chi connectivity index (χ3v) is 7.06. The van der Waals surface area contributed by atoms with Crippen molar-refractivity contribution in [3.63, 3.8) is 0 Å². The van der Waals surface area contributed by atoms with Crippen molar-refractivity contribution in [2.45, 2.75) is 52.2 Å². The molecule has 2 amide bonds. The minimum absolute atomic E-state index is 0.0294. The number of anilines is 1. The topological polar surface area (TPSA) is 86.8 Å². The number of nitrogens with one attached hydrogen (secondary N) is 1. The third-order valence-electron chi connectivity index (χ3n) is 5.43. The molecule has 0 aliphatic heterocycles. The first kappa shape index (κ1) is 27.8. The Kier molecular flexibility index (Phi) is 10.1. The van der Waals surface area contributed by atoms with E-state index < -0.39 is 34.3 Å². The van der Waals surface area contributed by atoms with Gasteiger partial charge in [-0.3, -0.25) is 13.9 Å². The van der Waals surface area contributed by atoms with Gasteiger partial charge in [0.05, 0.1) is 11.9 Å². The maximum atomic E-state index is 13.5. The van der Waals surface area contributed by atoms with Crippen LogP contribution in [0.25, 0.3) is 0 Å². The van der Waals surface area contributed by atoms with Gasteiger partial charge in [0, 0.05) is 17.1 Å². The largest absolute Gasteiger partial charge is 0.352 e. The van der Waals surface area contributed by atoms with Crippen molar-refractivity contribution < 1.29 is 22.4 Å². The van der Waals surface area contributed by atoms with E-state index in [9.17, 15) is 22.4 Å². The molecule has 0 heterocycles. The number of rotatable bonds is 11. The average molecular weight is 556 g/mol. The molecule has 2 rings (SSSR count). The van der Waals surface area contributed by atoms with Gasteiger partial charge >= 0.3 is 0 Å². The van der Waals surface area contributed by atoms with Gasteiger partial charge in [-0.25, -0.2) is 12.8 Å². The van der Waals surface area contributed by atoms with Crippen LogP contribution < -0.4 is 9.62 Å². The first-order valence-electron chi connectivity index (χ1n) is 11.0. The predicted molar refractivity (Wildman–Crippen MR) is 135 cm³/mol. The molecule has 0 bridgehead atoms. The molecule has 0 fully saturated rings. The lowest BCUT2D eigenvalue weighted by Gasteiger charge is -2.33. The summed E-state index contributed by atoms with van der Waals surface area (Å²) in [5.74, 6) is -1.28. The lowest BCUT2D eigenvalue weighted by Crippen LogP contribution is -2.53. The SMILES string of the molecule is CC[C@@H](C)NC(=O)[C@H](CC)N(Cc1ccc(F)cc1)C(=O)CN(c1cccc(Br)c1)S(C)(=O)=O. The summed E-state index contributed by atoms with van der Waals surface area (Å²) < 4.78 is 40.2. The first-order chi connectivity index (χ1) is 16.0. The van der Waals surface area contributed by atoms with Crippen LogP contribution in [0.5, 0.6) is 0 Å². The minimum Gasteiger partial charge on any atom is -0.352 e. The molecule has 0 spiro atoms. The zero-order valence-electron chi connectivity index (χ0n) is 19.8. The highest BCUT2D eigenvalue weighted by atomic mass is 79.9. The summed E-state index contributed by atoms with van der Waals surface area (Å²) in [7, 11) is -3.80. The van der Waals surface area contributed by atoms with Gasteiger partial charge in [0.15, 0.2) is 0 Å². The van der Waals surface area contributed by atoms with Crippen molar-refractivity contribution in [2.75, 3.05) is 17.1 Å². The fraction of sp³-hybridized carbons (Fsp3) is 0.417. The third kappa shape index (κ3) is 7.80. The monoisotopic (exact) mass is 555 g/mol. The summed E-state index contributed by atoms with van der Waals surface area (Å²) in [5, 5.41) is 2.90. The lowest BCUT2D eigenvalue weighted by atomic mass is 10.1. The van der Waals surface area contributed by atoms with Crippen molar-refractivity contribution in [1.29, 1.82) is 0 Å². The Morgan fingerprint density at radius 1 is 1.09 bits per heavy atom. The van der Waals surface area contributed by atoms with Crippen LogP contribution in [-0.4, -0.2) is 50.0 Å². The number of amides is 2. The second-order valence-corrected chi connectivity index (χ2v) is 11.0. The zero-order chi connectivity index (χ0) is 25.5. The Hall–Kier alpha value is -2.46. The molecule has 0 saturated heterocycles. The van der Waals surface area contributed by atoms with Crippen LogP contribution in [0.1, 0.15) is 39.2 Å². The molecule has 0 aliphatic rings. The van der Waals surface area contributed by atoms with Crippen molar-refractivity contribution in [3.8, 4) is 0 Å². The summed E-state index contributed by atoms with van der Waals surface area (Å²) in [6.45, 7) is 5.14. The highest BCUT2D eigenvalue weighted by molar-refractivity contribution is 9.10. The Morgan fingerprint density at radius 2 is 1.74 bits per heavy atom. The number of carbonyl (C=O) groups is 2. The van der Waals surface area contributed by atoms with Gasteiger partial charge in [-0.15, -0.1) is 0 Å². The Bertz CT molecular complexity index is 1100. The van der Waals surface area contributed by atoms with Crippen molar-refractivity contribution in [3.05, 3.63) is 64.4 Å². The van der Waals surface area contributed by atoms with E-state index in [1.165, 1.54) is 29.2 Å². The van der Waals surface area contributed by atoms with Crippen LogP contribution in [-0.2, 0) is 26.2 Å². The highest BCUT2D eigenvalue weighted by Crippen LogP contribution is 2.23. The van der Waals surface area contributed by atoms with E-state index in [-0.39, 0.29) is 18.5 Å². The molecule has 186 valence electrons. The molecule has 2 atom stereocenters. The molecule has 0 unspecified atom stereocenters. The maximum absolute atomic E-state index is 13.5. The van der Waals surface area contributed by atoms with Gasteiger partial charge in [-0.05, 0) is 55.7 Å². The second-order valence-electron chi connectivity index (χ2n) is 8.14. The van der Waals surface area contributed by atoms with Crippen LogP contribution >= 0.6 is 15.9 Å². The predicted octanol–water partition coefficient (Wildman–Crippen LogP) is 4.08. The second kappa shape index (κ2) is 12.3. The Labute approximate surface area is 209 Å². The summed E-state index contributed by atoms with van der Waals surface area (Å²) in [5.41, 5.74) is 0.946. The van der Waals surface area contributed by atoms with Crippen LogP contribution in [0, 0.1) is 5.82 Å². The molecule has 0 saturated carbocycles. The van der Waals surface area contributed by atoms with Gasteiger partial charge < -0.3 is 10.2 Å². The molecule has 2 aromatic rings. The zero-order valence-corrected chi connectivity index (χ0v) is 22.2. The van der Waals surface area contributed by atoms with Crippen LogP contribution in [0.3, 0.4) is 0 Å². The molecule has 10 heteroatoms. The van der Waals surface area contributed by atoms with Crippen molar-refractivity contribution in [2.24, 2.45) is 0 Å². The maximum Gasteiger partial charge on any atom is 0.244 e. The fourth-order valence-corrected chi connectivity index (χ4v) is 4.62. The van der Waals surface area contributed by atoms with E-state index in [2.05, 4.69) is 21.2 Å². The summed E-state index contributed by atoms with van der Waals surface area (Å²) in [6, 6.07) is 11.3. The summed E-state index contributed by atoms with van der Waals surface area (Å²) in [4.78, 5) is 27.9. The molecule has 0 radical (unpaired) electrons. The van der Waals surface area contributed by atoms with Crippen molar-refractivity contribution >= 4 is 43.5 Å². The van der Waals surface area contributed by atoms with E-state index >= 15 is 0 Å². The van der Waals surface area contributed by atoms with E-state index in [0.29, 0.717) is 22.1 Å².